The summed E-state index contributed by atoms with van der Waals surface area (Å²) in [6.45, 7) is 7.50. The summed E-state index contributed by atoms with van der Waals surface area (Å²) in [4.78, 5) is 33.7. The Balaban J connectivity index is 1.37. The highest BCUT2D eigenvalue weighted by Crippen LogP contribution is 2.37. The first-order valence-corrected chi connectivity index (χ1v) is 13.4. The molecule has 2 aliphatic heterocycles. The fraction of sp³-hybridized carbons (Fsp3) is 0.556. The van der Waals surface area contributed by atoms with Gasteiger partial charge in [-0.2, -0.15) is 0 Å². The average molecular weight is 468 g/mol. The van der Waals surface area contributed by atoms with E-state index in [0.717, 1.165) is 25.8 Å². The smallest absolute Gasteiger partial charge is 0.236 e. The van der Waals surface area contributed by atoms with Gasteiger partial charge in [0.15, 0.2) is 0 Å². The molecule has 0 aliphatic carbocycles. The van der Waals surface area contributed by atoms with Gasteiger partial charge in [-0.1, -0.05) is 56.5 Å². The minimum absolute atomic E-state index is 0.0797. The zero-order valence-electron chi connectivity index (χ0n) is 20.0. The summed E-state index contributed by atoms with van der Waals surface area (Å²) in [6, 6.07) is 13.0. The van der Waals surface area contributed by atoms with Crippen molar-refractivity contribution in [3.8, 4) is 0 Å². The second-order valence-corrected chi connectivity index (χ2v) is 10.4. The van der Waals surface area contributed by atoms with E-state index in [0.29, 0.717) is 32.6 Å². The van der Waals surface area contributed by atoms with E-state index in [2.05, 4.69) is 54.5 Å². The average Bonchev–Trinajstić information content (AvgIpc) is 3.31. The third-order valence-corrected chi connectivity index (χ3v) is 8.06. The number of carbonyl (C=O) groups excluding carboxylic acids is 2. The third-order valence-electron chi connectivity index (χ3n) is 7.06. The molecule has 1 saturated heterocycles. The topological polar surface area (TPSA) is 43.9 Å². The SMILES string of the molecule is CCCCCCC(=O)N1CCN(C(=O)CN2CCc3sccc3[C@@H]2c2ccccc2)C[C@@H]1C. The Labute approximate surface area is 202 Å². The Bertz CT molecular complexity index is 928. The van der Waals surface area contributed by atoms with Gasteiger partial charge in [0.25, 0.3) is 0 Å². The molecule has 2 aromatic rings. The summed E-state index contributed by atoms with van der Waals surface area (Å²) in [6.07, 6.45) is 6.10. The van der Waals surface area contributed by atoms with Crippen molar-refractivity contribution in [2.75, 3.05) is 32.7 Å². The number of piperazine rings is 1. The van der Waals surface area contributed by atoms with Crippen LogP contribution in [0.5, 0.6) is 0 Å². The molecule has 2 aliphatic rings. The first-order chi connectivity index (χ1) is 16.1. The van der Waals surface area contributed by atoms with Crippen LogP contribution >= 0.6 is 11.3 Å². The van der Waals surface area contributed by atoms with Crippen molar-refractivity contribution >= 4 is 23.2 Å². The maximum Gasteiger partial charge on any atom is 0.236 e. The molecule has 2 amide bonds. The van der Waals surface area contributed by atoms with E-state index in [-0.39, 0.29) is 23.9 Å². The van der Waals surface area contributed by atoms with Gasteiger partial charge in [-0.05, 0) is 42.3 Å². The second-order valence-electron chi connectivity index (χ2n) is 9.42. The molecule has 0 N–H and O–H groups in total. The number of amides is 2. The molecule has 0 unspecified atom stereocenters. The molecule has 2 atom stereocenters. The van der Waals surface area contributed by atoms with Crippen molar-refractivity contribution in [3.63, 3.8) is 0 Å². The monoisotopic (exact) mass is 467 g/mol. The highest BCUT2D eigenvalue weighted by Gasteiger charge is 2.34. The molecule has 0 saturated carbocycles. The number of hydrogen-bond acceptors (Lipinski definition) is 4. The Morgan fingerprint density at radius 1 is 1.00 bits per heavy atom. The van der Waals surface area contributed by atoms with Gasteiger partial charge in [-0.3, -0.25) is 14.5 Å². The Morgan fingerprint density at radius 3 is 2.58 bits per heavy atom. The fourth-order valence-electron chi connectivity index (χ4n) is 5.24. The van der Waals surface area contributed by atoms with Crippen LogP contribution in [0.1, 0.15) is 68.0 Å². The summed E-state index contributed by atoms with van der Waals surface area (Å²) in [7, 11) is 0. The molecule has 33 heavy (non-hydrogen) atoms. The van der Waals surface area contributed by atoms with Gasteiger partial charge in [0.05, 0.1) is 12.6 Å². The minimum Gasteiger partial charge on any atom is -0.338 e. The van der Waals surface area contributed by atoms with Gasteiger partial charge < -0.3 is 9.80 Å². The largest absolute Gasteiger partial charge is 0.338 e. The van der Waals surface area contributed by atoms with E-state index >= 15 is 0 Å². The molecule has 5 nitrogen and oxygen atoms in total. The molecule has 1 fully saturated rings. The van der Waals surface area contributed by atoms with Gasteiger partial charge >= 0.3 is 0 Å². The van der Waals surface area contributed by atoms with E-state index in [9.17, 15) is 9.59 Å². The van der Waals surface area contributed by atoms with Crippen LogP contribution in [0.2, 0.25) is 0 Å². The van der Waals surface area contributed by atoms with E-state index in [1.807, 2.05) is 27.2 Å². The number of fused-ring (bicyclic) bond motifs is 1. The molecule has 178 valence electrons. The summed E-state index contributed by atoms with van der Waals surface area (Å²) < 4.78 is 0. The van der Waals surface area contributed by atoms with Crippen molar-refractivity contribution in [1.82, 2.24) is 14.7 Å². The quantitative estimate of drug-likeness (QED) is 0.528. The second kappa shape index (κ2) is 11.3. The van der Waals surface area contributed by atoms with Crippen molar-refractivity contribution in [2.45, 2.75) is 64.5 Å². The van der Waals surface area contributed by atoms with Gasteiger partial charge in [0, 0.05) is 43.5 Å². The number of benzene rings is 1. The third kappa shape index (κ3) is 5.67. The van der Waals surface area contributed by atoms with Crippen LogP contribution in [-0.4, -0.2) is 65.3 Å². The molecule has 6 heteroatoms. The first kappa shape index (κ1) is 24.0. The lowest BCUT2D eigenvalue weighted by Crippen LogP contribution is -2.57. The highest BCUT2D eigenvalue weighted by atomic mass is 32.1. The standard InChI is InChI=1S/C27H37N3O2S/c1-3-4-5-9-12-25(31)30-17-16-28(19-21(30)2)26(32)20-29-15-13-24-23(14-18-33-24)27(29)22-10-7-6-8-11-22/h6-8,10-11,14,18,21,27H,3-5,9,12-13,15-17,19-20H2,1-2H3/t21-,27-/m0/s1. The van der Waals surface area contributed by atoms with Crippen LogP contribution < -0.4 is 0 Å². The summed E-state index contributed by atoms with van der Waals surface area (Å²) in [5.74, 6) is 0.423. The van der Waals surface area contributed by atoms with Gasteiger partial charge in [0.2, 0.25) is 11.8 Å². The van der Waals surface area contributed by atoms with Crippen LogP contribution in [0.25, 0.3) is 0 Å². The molecule has 0 radical (unpaired) electrons. The molecule has 0 spiro atoms. The van der Waals surface area contributed by atoms with Crippen LogP contribution in [0.4, 0.5) is 0 Å². The normalized spacial score (nSPS) is 21.2. The predicted molar refractivity (Wildman–Crippen MR) is 134 cm³/mol. The minimum atomic E-state index is 0.0797. The lowest BCUT2D eigenvalue weighted by molar-refractivity contribution is -0.143. The van der Waals surface area contributed by atoms with E-state index in [1.165, 1.54) is 28.8 Å². The lowest BCUT2D eigenvalue weighted by atomic mass is 9.93. The number of unbranched alkanes of at least 4 members (excludes halogenated alkanes) is 3. The van der Waals surface area contributed by atoms with Crippen LogP contribution in [-0.2, 0) is 16.0 Å². The van der Waals surface area contributed by atoms with Crippen molar-refractivity contribution in [3.05, 3.63) is 57.8 Å². The number of nitrogens with zero attached hydrogens (tertiary/aromatic N) is 3. The zero-order valence-corrected chi connectivity index (χ0v) is 20.9. The molecular formula is C27H37N3O2S. The summed E-state index contributed by atoms with van der Waals surface area (Å²) >= 11 is 1.82. The van der Waals surface area contributed by atoms with Gasteiger partial charge in [-0.25, -0.2) is 0 Å². The number of rotatable bonds is 8. The Morgan fingerprint density at radius 2 is 1.82 bits per heavy atom. The number of carbonyl (C=O) groups is 2. The zero-order chi connectivity index (χ0) is 23.2. The van der Waals surface area contributed by atoms with Crippen LogP contribution in [0.3, 0.4) is 0 Å². The van der Waals surface area contributed by atoms with Crippen LogP contribution in [0.15, 0.2) is 41.8 Å². The van der Waals surface area contributed by atoms with E-state index in [4.69, 9.17) is 0 Å². The summed E-state index contributed by atoms with van der Waals surface area (Å²) in [5.41, 5.74) is 2.59. The van der Waals surface area contributed by atoms with E-state index in [1.54, 1.807) is 0 Å². The number of thiophene rings is 1. The molecule has 0 bridgehead atoms. The highest BCUT2D eigenvalue weighted by molar-refractivity contribution is 7.10. The Hall–Kier alpha value is -2.18. The molecule has 4 rings (SSSR count). The maximum absolute atomic E-state index is 13.3. The molecule has 1 aromatic heterocycles. The van der Waals surface area contributed by atoms with Crippen LogP contribution in [0, 0.1) is 0 Å². The Kier molecular flexibility index (Phi) is 8.20. The molecule has 3 heterocycles. The van der Waals surface area contributed by atoms with Gasteiger partial charge in [0.1, 0.15) is 0 Å². The summed E-state index contributed by atoms with van der Waals surface area (Å²) in [5, 5.41) is 2.17. The van der Waals surface area contributed by atoms with Gasteiger partial charge in [-0.15, -0.1) is 11.3 Å². The molecular weight excluding hydrogens is 430 g/mol. The number of hydrogen-bond donors (Lipinski definition) is 0. The van der Waals surface area contributed by atoms with Crippen molar-refractivity contribution in [1.29, 1.82) is 0 Å². The first-order valence-electron chi connectivity index (χ1n) is 12.5. The fourth-order valence-corrected chi connectivity index (χ4v) is 6.14. The predicted octanol–water partition coefficient (Wildman–Crippen LogP) is 4.73. The maximum atomic E-state index is 13.3. The lowest BCUT2D eigenvalue weighted by Gasteiger charge is -2.42. The van der Waals surface area contributed by atoms with Crippen molar-refractivity contribution in [2.24, 2.45) is 0 Å². The van der Waals surface area contributed by atoms with E-state index < -0.39 is 0 Å². The molecule has 1 aromatic carbocycles. The van der Waals surface area contributed by atoms with Crippen molar-refractivity contribution < 1.29 is 9.59 Å².